The van der Waals surface area contributed by atoms with E-state index >= 15 is 0 Å². The molecule has 0 aliphatic heterocycles. The van der Waals surface area contributed by atoms with Crippen molar-refractivity contribution in [1.82, 2.24) is 0 Å². The SMILES string of the molecule is COCCOCCOCCOCCOCCOCCOCCN(CCOCCOCCOCCOCCOCCOCCOC)c1ccc(N)c(OC)c1. The van der Waals surface area contributed by atoms with E-state index in [4.69, 9.17) is 76.8 Å². The van der Waals surface area contributed by atoms with Crippen LogP contribution in [0.5, 0.6) is 5.75 Å². The average Bonchev–Trinajstić information content (AvgIpc) is 3.18. The highest BCUT2D eigenvalue weighted by molar-refractivity contribution is 5.62. The van der Waals surface area contributed by atoms with E-state index in [1.165, 1.54) is 0 Å². The van der Waals surface area contributed by atoms with Crippen molar-refractivity contribution in [3.63, 3.8) is 0 Å². The normalized spacial score (nSPS) is 11.5. The van der Waals surface area contributed by atoms with Crippen molar-refractivity contribution in [2.75, 3.05) is 217 Å². The van der Waals surface area contributed by atoms with Crippen molar-refractivity contribution < 1.29 is 71.1 Å². The van der Waals surface area contributed by atoms with Crippen LogP contribution in [-0.2, 0) is 66.3 Å². The van der Waals surface area contributed by atoms with Crippen LogP contribution in [0.2, 0.25) is 0 Å². The number of nitrogens with zero attached hydrogens (tertiary/aromatic N) is 1. The highest BCUT2D eigenvalue weighted by Gasteiger charge is 2.10. The number of hydrogen-bond donors (Lipinski definition) is 1. The number of benzene rings is 1. The number of nitrogens with two attached hydrogens (primary N) is 1. The molecule has 0 radical (unpaired) electrons. The van der Waals surface area contributed by atoms with E-state index in [-0.39, 0.29) is 0 Å². The van der Waals surface area contributed by atoms with Crippen LogP contribution in [0.1, 0.15) is 0 Å². The molecular weight excluding hydrogens is 712 g/mol. The molecule has 0 fully saturated rings. The lowest BCUT2D eigenvalue weighted by Gasteiger charge is -2.25. The van der Waals surface area contributed by atoms with Gasteiger partial charge in [-0.15, -0.1) is 0 Å². The fourth-order valence-corrected chi connectivity index (χ4v) is 4.30. The Morgan fingerprint density at radius 2 is 0.630 bits per heavy atom. The van der Waals surface area contributed by atoms with Gasteiger partial charge in [-0.3, -0.25) is 0 Å². The van der Waals surface area contributed by atoms with Crippen molar-refractivity contribution >= 4 is 11.4 Å². The molecule has 0 atom stereocenters. The molecule has 17 heteroatoms. The lowest BCUT2D eigenvalue weighted by Crippen LogP contribution is -2.31. The highest BCUT2D eigenvalue weighted by atomic mass is 16.6. The first kappa shape index (κ1) is 50.1. The average molecular weight is 783 g/mol. The van der Waals surface area contributed by atoms with Crippen LogP contribution >= 0.6 is 0 Å². The molecule has 0 heterocycles. The van der Waals surface area contributed by atoms with Gasteiger partial charge in [0.1, 0.15) is 5.75 Å². The predicted octanol–water partition coefficient (Wildman–Crippen LogP) is 1.58. The van der Waals surface area contributed by atoms with Crippen LogP contribution in [-0.4, -0.2) is 206 Å². The van der Waals surface area contributed by atoms with E-state index in [9.17, 15) is 0 Å². The third-order valence-electron chi connectivity index (χ3n) is 7.18. The Morgan fingerprint density at radius 1 is 0.370 bits per heavy atom. The summed E-state index contributed by atoms with van der Waals surface area (Å²) >= 11 is 0. The van der Waals surface area contributed by atoms with Crippen LogP contribution in [0.25, 0.3) is 0 Å². The number of methoxy groups -OCH3 is 3. The summed E-state index contributed by atoms with van der Waals surface area (Å²) in [4.78, 5) is 2.17. The van der Waals surface area contributed by atoms with Gasteiger partial charge in [-0.25, -0.2) is 0 Å². The molecule has 0 saturated carbocycles. The van der Waals surface area contributed by atoms with Gasteiger partial charge in [0.15, 0.2) is 0 Å². The van der Waals surface area contributed by atoms with Gasteiger partial charge in [0.05, 0.1) is 185 Å². The van der Waals surface area contributed by atoms with E-state index in [0.29, 0.717) is 196 Å². The van der Waals surface area contributed by atoms with Crippen molar-refractivity contribution in [2.24, 2.45) is 0 Å². The molecule has 0 aromatic heterocycles. The summed E-state index contributed by atoms with van der Waals surface area (Å²) in [5.74, 6) is 0.623. The number of anilines is 2. The smallest absolute Gasteiger partial charge is 0.143 e. The Kier molecular flexibility index (Phi) is 37.8. The Balaban J connectivity index is 2.04. The molecule has 0 spiro atoms. The van der Waals surface area contributed by atoms with E-state index in [0.717, 1.165) is 5.69 Å². The van der Waals surface area contributed by atoms with Crippen LogP contribution in [0, 0.1) is 0 Å². The van der Waals surface area contributed by atoms with Gasteiger partial charge in [0.2, 0.25) is 0 Å². The van der Waals surface area contributed by atoms with Gasteiger partial charge < -0.3 is 81.7 Å². The summed E-state index contributed by atoms with van der Waals surface area (Å²) in [5.41, 5.74) is 7.59. The summed E-state index contributed by atoms with van der Waals surface area (Å²) in [6, 6.07) is 5.72. The Morgan fingerprint density at radius 3 is 0.889 bits per heavy atom. The predicted molar refractivity (Wildman–Crippen MR) is 203 cm³/mol. The first-order valence-corrected chi connectivity index (χ1v) is 18.8. The van der Waals surface area contributed by atoms with E-state index in [1.54, 1.807) is 21.3 Å². The molecule has 1 rings (SSSR count). The lowest BCUT2D eigenvalue weighted by molar-refractivity contribution is -0.0192. The van der Waals surface area contributed by atoms with Crippen molar-refractivity contribution in [1.29, 1.82) is 0 Å². The zero-order valence-corrected chi connectivity index (χ0v) is 33.2. The molecule has 0 aliphatic rings. The number of hydrogen-bond acceptors (Lipinski definition) is 17. The molecule has 1 aromatic rings. The van der Waals surface area contributed by atoms with Crippen molar-refractivity contribution in [3.05, 3.63) is 18.2 Å². The summed E-state index contributed by atoms with van der Waals surface area (Å²) < 4.78 is 81.7. The lowest BCUT2D eigenvalue weighted by atomic mass is 10.2. The molecule has 0 bridgehead atoms. The minimum Gasteiger partial charge on any atom is -0.495 e. The monoisotopic (exact) mass is 782 g/mol. The molecule has 17 nitrogen and oxygen atoms in total. The minimum absolute atomic E-state index is 0.478. The van der Waals surface area contributed by atoms with Crippen molar-refractivity contribution in [3.8, 4) is 5.75 Å². The number of rotatable bonds is 44. The van der Waals surface area contributed by atoms with Crippen LogP contribution < -0.4 is 15.4 Å². The van der Waals surface area contributed by atoms with Gasteiger partial charge >= 0.3 is 0 Å². The zero-order valence-electron chi connectivity index (χ0n) is 33.2. The first-order valence-electron chi connectivity index (χ1n) is 18.8. The molecule has 2 N–H and O–H groups in total. The Bertz CT molecular complexity index is 865. The molecular formula is C37H70N2O15. The van der Waals surface area contributed by atoms with Gasteiger partial charge in [-0.05, 0) is 12.1 Å². The van der Waals surface area contributed by atoms with Gasteiger partial charge in [-0.2, -0.15) is 0 Å². The van der Waals surface area contributed by atoms with E-state index in [1.807, 2.05) is 18.2 Å². The van der Waals surface area contributed by atoms with E-state index < -0.39 is 0 Å². The van der Waals surface area contributed by atoms with Crippen LogP contribution in [0.3, 0.4) is 0 Å². The van der Waals surface area contributed by atoms with Crippen LogP contribution in [0.4, 0.5) is 11.4 Å². The third kappa shape index (κ3) is 32.3. The standard InChI is InChI=1S/C37H70N2O15/c1-40-10-12-45-18-20-49-26-28-53-32-30-51-24-22-47-16-14-43-8-6-39(35-4-5-36(38)37(34-35)42-3)7-9-44-15-17-48-23-25-52-31-33-54-29-27-50-21-19-46-13-11-41-2/h4-5,34H,6-33,38H2,1-3H3. The summed E-state index contributed by atoms with van der Waals surface area (Å²) in [6.45, 7) is 14.8. The topological polar surface area (TPSA) is 168 Å². The molecule has 54 heavy (non-hydrogen) atoms. The number of nitrogen functional groups attached to an aromatic ring is 1. The maximum atomic E-state index is 6.04. The third-order valence-corrected chi connectivity index (χ3v) is 7.18. The van der Waals surface area contributed by atoms with Crippen molar-refractivity contribution in [2.45, 2.75) is 0 Å². The van der Waals surface area contributed by atoms with Crippen LogP contribution in [0.15, 0.2) is 18.2 Å². The second-order valence-corrected chi connectivity index (χ2v) is 11.2. The van der Waals surface area contributed by atoms with Gasteiger partial charge in [0.25, 0.3) is 0 Å². The maximum Gasteiger partial charge on any atom is 0.143 e. The molecule has 0 aliphatic carbocycles. The summed E-state index contributed by atoms with van der Waals surface area (Å²) in [6.07, 6.45) is 0. The largest absolute Gasteiger partial charge is 0.495 e. The van der Waals surface area contributed by atoms with E-state index in [2.05, 4.69) is 4.90 Å². The Hall–Kier alpha value is -1.94. The minimum atomic E-state index is 0.478. The Labute approximate surface area is 323 Å². The summed E-state index contributed by atoms with van der Waals surface area (Å²) in [7, 11) is 4.89. The molecule has 0 saturated heterocycles. The maximum absolute atomic E-state index is 6.04. The highest BCUT2D eigenvalue weighted by Crippen LogP contribution is 2.27. The molecule has 0 amide bonds. The molecule has 318 valence electrons. The second kappa shape index (κ2) is 40.7. The molecule has 1 aromatic carbocycles. The fraction of sp³-hybridized carbons (Fsp3) is 0.838. The number of ether oxygens (including phenoxy) is 15. The van der Waals surface area contributed by atoms with Gasteiger partial charge in [-0.1, -0.05) is 0 Å². The summed E-state index contributed by atoms with van der Waals surface area (Å²) in [5, 5.41) is 0. The fourth-order valence-electron chi connectivity index (χ4n) is 4.30. The molecule has 0 unspecified atom stereocenters. The zero-order chi connectivity index (χ0) is 38.8. The second-order valence-electron chi connectivity index (χ2n) is 11.2. The van der Waals surface area contributed by atoms with Gasteiger partial charge in [0, 0.05) is 39.1 Å². The quantitative estimate of drug-likeness (QED) is 0.0748. The first-order chi connectivity index (χ1) is 26.7.